The van der Waals surface area contributed by atoms with Crippen LogP contribution in [0.2, 0.25) is 10.0 Å². The number of aliphatic imine (C=N–C) groups is 1. The standard InChI is InChI=1S/C18H18Cl2N2O3S/c1-4-13-16(23)22-15(10-6-7-11(19)12(20)8-10)14(17(24)25-5-2)9(3)21-18(22)26-13/h6-8,13,15H,4-5H2,1-3H3/t13-,15-/m1/s1. The van der Waals surface area contributed by atoms with Crippen molar-refractivity contribution in [1.82, 2.24) is 4.90 Å². The van der Waals surface area contributed by atoms with Crippen LogP contribution in [-0.2, 0) is 14.3 Å². The summed E-state index contributed by atoms with van der Waals surface area (Å²) in [6, 6.07) is 4.48. The molecule has 0 aliphatic carbocycles. The molecule has 0 N–H and O–H groups in total. The van der Waals surface area contributed by atoms with Crippen LogP contribution < -0.4 is 0 Å². The van der Waals surface area contributed by atoms with Crippen molar-refractivity contribution < 1.29 is 14.3 Å². The van der Waals surface area contributed by atoms with Gasteiger partial charge in [-0.05, 0) is 38.0 Å². The second kappa shape index (κ2) is 7.62. The molecule has 1 fully saturated rings. The highest BCUT2D eigenvalue weighted by atomic mass is 35.5. The Morgan fingerprint density at radius 3 is 2.65 bits per heavy atom. The quantitative estimate of drug-likeness (QED) is 0.678. The van der Waals surface area contributed by atoms with Gasteiger partial charge in [-0.15, -0.1) is 0 Å². The fourth-order valence-corrected chi connectivity index (χ4v) is 4.50. The van der Waals surface area contributed by atoms with Gasteiger partial charge >= 0.3 is 5.97 Å². The number of thioether (sulfide) groups is 1. The molecule has 0 unspecified atom stereocenters. The molecule has 2 aliphatic rings. The lowest BCUT2D eigenvalue weighted by atomic mass is 9.94. The Morgan fingerprint density at radius 2 is 2.04 bits per heavy atom. The first-order valence-electron chi connectivity index (χ1n) is 8.30. The second-order valence-corrected chi connectivity index (χ2v) is 7.90. The molecule has 0 bridgehead atoms. The Balaban J connectivity index is 2.16. The lowest BCUT2D eigenvalue weighted by molar-refractivity contribution is -0.139. The van der Waals surface area contributed by atoms with E-state index in [4.69, 9.17) is 27.9 Å². The fraction of sp³-hybridized carbons (Fsp3) is 0.389. The molecular weight excluding hydrogens is 395 g/mol. The van der Waals surface area contributed by atoms with E-state index in [0.29, 0.717) is 38.5 Å². The third kappa shape index (κ3) is 3.26. The van der Waals surface area contributed by atoms with Crippen LogP contribution in [0.3, 0.4) is 0 Å². The zero-order valence-corrected chi connectivity index (χ0v) is 16.9. The Hall–Kier alpha value is -1.50. The Kier molecular flexibility index (Phi) is 5.65. The minimum atomic E-state index is -0.632. The fourth-order valence-electron chi connectivity index (χ4n) is 3.06. The van der Waals surface area contributed by atoms with E-state index < -0.39 is 12.0 Å². The maximum Gasteiger partial charge on any atom is 0.338 e. The third-order valence-corrected chi connectivity index (χ3v) is 6.33. The highest BCUT2D eigenvalue weighted by Gasteiger charge is 2.47. The normalized spacial score (nSPS) is 22.4. The molecule has 2 atom stereocenters. The molecule has 138 valence electrons. The van der Waals surface area contributed by atoms with Crippen LogP contribution >= 0.6 is 35.0 Å². The van der Waals surface area contributed by atoms with Crippen LogP contribution in [0.4, 0.5) is 0 Å². The maximum atomic E-state index is 12.9. The molecule has 2 heterocycles. The first kappa shape index (κ1) is 19.3. The number of esters is 1. The molecule has 0 saturated carbocycles. The Labute approximate surface area is 166 Å². The van der Waals surface area contributed by atoms with E-state index in [1.165, 1.54) is 11.8 Å². The number of hydrogen-bond donors (Lipinski definition) is 0. The van der Waals surface area contributed by atoms with Gasteiger partial charge in [-0.2, -0.15) is 0 Å². The minimum Gasteiger partial charge on any atom is -0.463 e. The van der Waals surface area contributed by atoms with Gasteiger partial charge in [0, 0.05) is 0 Å². The minimum absolute atomic E-state index is 0.0679. The summed E-state index contributed by atoms with van der Waals surface area (Å²) < 4.78 is 5.22. The lowest BCUT2D eigenvalue weighted by Gasteiger charge is -2.33. The third-order valence-electron chi connectivity index (χ3n) is 4.28. The molecule has 1 saturated heterocycles. The summed E-state index contributed by atoms with van der Waals surface area (Å²) in [5, 5.41) is 1.16. The number of allylic oxidation sites excluding steroid dienone is 1. The molecule has 1 aromatic rings. The van der Waals surface area contributed by atoms with E-state index in [1.54, 1.807) is 36.9 Å². The topological polar surface area (TPSA) is 59.0 Å². The van der Waals surface area contributed by atoms with Crippen molar-refractivity contribution in [2.24, 2.45) is 4.99 Å². The zero-order chi connectivity index (χ0) is 19.0. The van der Waals surface area contributed by atoms with Gasteiger partial charge in [-0.25, -0.2) is 9.79 Å². The number of fused-ring (bicyclic) bond motifs is 1. The number of carbonyl (C=O) groups excluding carboxylic acids is 2. The summed E-state index contributed by atoms with van der Waals surface area (Å²) in [4.78, 5) is 31.6. The smallest absolute Gasteiger partial charge is 0.338 e. The molecule has 26 heavy (non-hydrogen) atoms. The molecular formula is C18H18Cl2N2O3S. The monoisotopic (exact) mass is 412 g/mol. The SMILES string of the molecule is CCOC(=O)C1=C(C)N=C2S[C@H](CC)C(=O)N2[C@@H]1c1ccc(Cl)c(Cl)c1. The van der Waals surface area contributed by atoms with Crippen LogP contribution in [0.1, 0.15) is 38.8 Å². The van der Waals surface area contributed by atoms with Gasteiger partial charge in [-0.1, -0.05) is 48.0 Å². The van der Waals surface area contributed by atoms with Gasteiger partial charge in [0.25, 0.3) is 0 Å². The molecule has 1 aromatic carbocycles. The summed E-state index contributed by atoms with van der Waals surface area (Å²) in [5.74, 6) is -0.553. The number of amidine groups is 1. The summed E-state index contributed by atoms with van der Waals surface area (Å²) >= 11 is 13.6. The highest BCUT2D eigenvalue weighted by molar-refractivity contribution is 8.15. The summed E-state index contributed by atoms with van der Waals surface area (Å²) in [5.41, 5.74) is 1.59. The summed E-state index contributed by atoms with van der Waals surface area (Å²) in [6.07, 6.45) is 0.681. The lowest BCUT2D eigenvalue weighted by Crippen LogP contribution is -2.40. The van der Waals surface area contributed by atoms with Crippen LogP contribution in [0.15, 0.2) is 34.5 Å². The van der Waals surface area contributed by atoms with Gasteiger partial charge < -0.3 is 4.74 Å². The van der Waals surface area contributed by atoms with Crippen molar-refractivity contribution in [1.29, 1.82) is 0 Å². The van der Waals surface area contributed by atoms with Gasteiger partial charge in [0.1, 0.15) is 0 Å². The molecule has 1 amide bonds. The molecule has 3 rings (SSSR count). The molecule has 2 aliphatic heterocycles. The van der Waals surface area contributed by atoms with Crippen molar-refractivity contribution in [3.63, 3.8) is 0 Å². The molecule has 0 spiro atoms. The number of ether oxygens (including phenoxy) is 1. The van der Waals surface area contributed by atoms with Crippen molar-refractivity contribution in [2.45, 2.75) is 38.5 Å². The predicted octanol–water partition coefficient (Wildman–Crippen LogP) is 4.60. The van der Waals surface area contributed by atoms with Gasteiger partial charge in [-0.3, -0.25) is 9.69 Å². The Bertz CT molecular complexity index is 838. The van der Waals surface area contributed by atoms with Crippen molar-refractivity contribution >= 4 is 52.0 Å². The number of nitrogens with zero attached hydrogens (tertiary/aromatic N) is 2. The average molecular weight is 413 g/mol. The first-order valence-corrected chi connectivity index (χ1v) is 9.93. The van der Waals surface area contributed by atoms with Crippen LogP contribution in [0.25, 0.3) is 0 Å². The van der Waals surface area contributed by atoms with Crippen molar-refractivity contribution in [3.05, 3.63) is 45.1 Å². The molecule has 0 aromatic heterocycles. The van der Waals surface area contributed by atoms with Gasteiger partial charge in [0.05, 0.1) is 39.2 Å². The van der Waals surface area contributed by atoms with E-state index in [2.05, 4.69) is 4.99 Å². The number of hydrogen-bond acceptors (Lipinski definition) is 5. The van der Waals surface area contributed by atoms with Crippen LogP contribution in [-0.4, -0.2) is 33.8 Å². The van der Waals surface area contributed by atoms with E-state index in [-0.39, 0.29) is 17.8 Å². The summed E-state index contributed by atoms with van der Waals surface area (Å²) in [7, 11) is 0. The van der Waals surface area contributed by atoms with Crippen LogP contribution in [0, 0.1) is 0 Å². The zero-order valence-electron chi connectivity index (χ0n) is 14.6. The number of rotatable bonds is 4. The average Bonchev–Trinajstić information content (AvgIpc) is 2.92. The van der Waals surface area contributed by atoms with Gasteiger partial charge in [0.15, 0.2) is 5.17 Å². The first-order chi connectivity index (χ1) is 12.4. The molecule has 0 radical (unpaired) electrons. The van der Waals surface area contributed by atoms with E-state index in [9.17, 15) is 9.59 Å². The van der Waals surface area contributed by atoms with Crippen molar-refractivity contribution in [2.75, 3.05) is 6.61 Å². The van der Waals surface area contributed by atoms with E-state index in [1.807, 2.05) is 6.92 Å². The molecule has 5 nitrogen and oxygen atoms in total. The second-order valence-electron chi connectivity index (χ2n) is 5.91. The highest BCUT2D eigenvalue weighted by Crippen LogP contribution is 2.44. The largest absolute Gasteiger partial charge is 0.463 e. The van der Waals surface area contributed by atoms with E-state index >= 15 is 0 Å². The maximum absolute atomic E-state index is 12.9. The number of benzene rings is 1. The molecule has 8 heteroatoms. The number of carbonyl (C=O) groups is 2. The van der Waals surface area contributed by atoms with E-state index in [0.717, 1.165) is 0 Å². The van der Waals surface area contributed by atoms with Crippen molar-refractivity contribution in [3.8, 4) is 0 Å². The number of amides is 1. The van der Waals surface area contributed by atoms with Crippen LogP contribution in [0.5, 0.6) is 0 Å². The predicted molar refractivity (Wildman–Crippen MR) is 104 cm³/mol. The number of halogens is 2. The summed E-state index contributed by atoms with van der Waals surface area (Å²) in [6.45, 7) is 5.69. The Morgan fingerprint density at radius 1 is 1.31 bits per heavy atom. The van der Waals surface area contributed by atoms with Gasteiger partial charge in [0.2, 0.25) is 5.91 Å².